The number of benzene rings is 2. The van der Waals surface area contributed by atoms with Crippen molar-refractivity contribution in [2.24, 2.45) is 0 Å². The summed E-state index contributed by atoms with van der Waals surface area (Å²) in [6.07, 6.45) is -7.15. The lowest BCUT2D eigenvalue weighted by Crippen LogP contribution is -2.17. The highest BCUT2D eigenvalue weighted by Crippen LogP contribution is 2.38. The van der Waals surface area contributed by atoms with Crippen LogP contribution in [0.25, 0.3) is 22.2 Å². The van der Waals surface area contributed by atoms with Crippen LogP contribution in [0.2, 0.25) is 0 Å². The Balaban J connectivity index is 1.73. The summed E-state index contributed by atoms with van der Waals surface area (Å²) in [5.41, 5.74) is 0.252. The third kappa shape index (κ3) is 5.21. The van der Waals surface area contributed by atoms with Gasteiger partial charge in [-0.3, -0.25) is 4.98 Å². The largest absolute Gasteiger partial charge is 0.418 e. The van der Waals surface area contributed by atoms with E-state index in [1.54, 1.807) is 6.07 Å². The van der Waals surface area contributed by atoms with E-state index < -0.39 is 23.8 Å². The number of hydrogen-bond acceptors (Lipinski definition) is 4. The molecule has 0 saturated heterocycles. The molecule has 4 aromatic rings. The molecule has 0 amide bonds. The lowest BCUT2D eigenvalue weighted by molar-refractivity contribution is -0.146. The van der Waals surface area contributed by atoms with Crippen molar-refractivity contribution in [3.8, 4) is 11.3 Å². The van der Waals surface area contributed by atoms with Gasteiger partial charge in [0.05, 0.1) is 22.7 Å². The zero-order valence-electron chi connectivity index (χ0n) is 18.7. The van der Waals surface area contributed by atoms with Crippen LogP contribution in [0.15, 0.2) is 60.8 Å². The van der Waals surface area contributed by atoms with Crippen LogP contribution in [0, 0.1) is 0 Å². The van der Waals surface area contributed by atoms with Gasteiger partial charge in [0.25, 0.3) is 0 Å². The molecule has 1 atom stereocenters. The first-order valence-electron chi connectivity index (χ1n) is 10.7. The molecular weight excluding hydrogens is 470 g/mol. The van der Waals surface area contributed by atoms with Crippen LogP contribution in [-0.2, 0) is 12.6 Å². The van der Waals surface area contributed by atoms with Crippen LogP contribution in [0.1, 0.15) is 36.7 Å². The third-order valence-corrected chi connectivity index (χ3v) is 5.61. The van der Waals surface area contributed by atoms with Gasteiger partial charge in [-0.25, -0.2) is 9.97 Å². The zero-order valence-corrected chi connectivity index (χ0v) is 18.7. The minimum atomic E-state index is -4.57. The van der Waals surface area contributed by atoms with E-state index in [1.165, 1.54) is 48.7 Å². The number of hydrogen-bond donors (Lipinski definition) is 1. The Kier molecular flexibility index (Phi) is 6.40. The Hall–Kier alpha value is -3.69. The van der Waals surface area contributed by atoms with Crippen molar-refractivity contribution in [2.75, 3.05) is 5.32 Å². The van der Waals surface area contributed by atoms with Crippen LogP contribution in [0.4, 0.5) is 37.8 Å². The monoisotopic (exact) mass is 490 g/mol. The van der Waals surface area contributed by atoms with Gasteiger partial charge in [0.2, 0.25) is 0 Å². The summed E-state index contributed by atoms with van der Waals surface area (Å²) < 4.78 is 79.4. The van der Waals surface area contributed by atoms with E-state index >= 15 is 0 Å². The van der Waals surface area contributed by atoms with Crippen LogP contribution < -0.4 is 5.32 Å². The van der Waals surface area contributed by atoms with Crippen LogP contribution >= 0.6 is 0 Å². The summed E-state index contributed by atoms with van der Waals surface area (Å²) >= 11 is 0. The molecule has 0 radical (unpaired) electrons. The highest BCUT2D eigenvalue weighted by Gasteiger charge is 2.37. The lowest BCUT2D eigenvalue weighted by atomic mass is 10.0. The van der Waals surface area contributed by atoms with Gasteiger partial charge < -0.3 is 5.32 Å². The van der Waals surface area contributed by atoms with E-state index in [1.807, 2.05) is 6.92 Å². The third-order valence-electron chi connectivity index (χ3n) is 5.61. The molecule has 2 aromatic carbocycles. The second-order valence-electron chi connectivity index (χ2n) is 7.98. The average Bonchev–Trinajstić information content (AvgIpc) is 2.82. The predicted octanol–water partition coefficient (Wildman–Crippen LogP) is 7.68. The molecule has 0 fully saturated rings. The van der Waals surface area contributed by atoms with Gasteiger partial charge in [0.1, 0.15) is 11.6 Å². The first-order chi connectivity index (χ1) is 16.5. The molecule has 2 heterocycles. The number of aryl methyl sites for hydroxylation is 1. The van der Waals surface area contributed by atoms with E-state index in [0.29, 0.717) is 34.7 Å². The van der Waals surface area contributed by atoms with Crippen molar-refractivity contribution in [1.29, 1.82) is 0 Å². The molecule has 0 spiro atoms. The van der Waals surface area contributed by atoms with E-state index in [2.05, 4.69) is 20.3 Å². The standard InChI is InChI=1S/C25H20F6N4/c1-3-21-34-20-13-16(22-19(25(29,30)31)5-4-12-32-22)8-11-18(20)23(35-21)33-17-9-6-15(7-10-17)14(2)24(26,27)28/h4-14H,3H2,1-2H3,(H,33,34,35). The molecule has 0 aliphatic carbocycles. The Bertz CT molecular complexity index is 1350. The number of nitrogens with one attached hydrogen (secondary N) is 1. The van der Waals surface area contributed by atoms with Gasteiger partial charge in [0, 0.05) is 29.3 Å². The maximum atomic E-state index is 13.5. The summed E-state index contributed by atoms with van der Waals surface area (Å²) in [6, 6.07) is 12.7. The second kappa shape index (κ2) is 9.16. The molecule has 0 aliphatic heterocycles. The van der Waals surface area contributed by atoms with Gasteiger partial charge in [0.15, 0.2) is 0 Å². The summed E-state index contributed by atoms with van der Waals surface area (Å²) in [5.74, 6) is -0.752. The van der Waals surface area contributed by atoms with Crippen molar-refractivity contribution < 1.29 is 26.3 Å². The molecule has 0 saturated carbocycles. The first-order valence-corrected chi connectivity index (χ1v) is 10.7. The first kappa shape index (κ1) is 24.4. The number of aromatic nitrogens is 3. The van der Waals surface area contributed by atoms with Gasteiger partial charge in [-0.05, 0) is 48.9 Å². The molecule has 4 rings (SSSR count). The maximum absolute atomic E-state index is 13.5. The fourth-order valence-electron chi connectivity index (χ4n) is 3.62. The van der Waals surface area contributed by atoms with E-state index in [-0.39, 0.29) is 16.8 Å². The maximum Gasteiger partial charge on any atom is 0.418 e. The Labute approximate surface area is 197 Å². The topological polar surface area (TPSA) is 50.7 Å². The molecule has 0 bridgehead atoms. The molecule has 1 unspecified atom stereocenters. The van der Waals surface area contributed by atoms with E-state index in [4.69, 9.17) is 0 Å². The van der Waals surface area contributed by atoms with E-state index in [9.17, 15) is 26.3 Å². The quantitative estimate of drug-likeness (QED) is 0.292. The number of halogens is 6. The fourth-order valence-corrected chi connectivity index (χ4v) is 3.62. The summed E-state index contributed by atoms with van der Waals surface area (Å²) in [5, 5.41) is 3.64. The van der Waals surface area contributed by atoms with Crippen molar-refractivity contribution in [3.63, 3.8) is 0 Å². The summed E-state index contributed by atoms with van der Waals surface area (Å²) in [6.45, 7) is 2.93. The number of anilines is 2. The average molecular weight is 490 g/mol. The molecular formula is C25H20F6N4. The number of fused-ring (bicyclic) bond motifs is 1. The molecule has 1 N–H and O–H groups in total. The Morgan fingerprint density at radius 1 is 0.914 bits per heavy atom. The molecule has 182 valence electrons. The number of alkyl halides is 6. The molecule has 4 nitrogen and oxygen atoms in total. The lowest BCUT2D eigenvalue weighted by Gasteiger charge is -2.17. The van der Waals surface area contributed by atoms with Crippen LogP contribution in [-0.4, -0.2) is 21.1 Å². The Morgan fingerprint density at radius 3 is 2.26 bits per heavy atom. The number of rotatable bonds is 5. The van der Waals surface area contributed by atoms with Crippen molar-refractivity contribution >= 4 is 22.4 Å². The highest BCUT2D eigenvalue weighted by atomic mass is 19.4. The number of nitrogens with zero attached hydrogens (tertiary/aromatic N) is 3. The SMILES string of the molecule is CCc1nc(Nc2ccc(C(C)C(F)(F)F)cc2)c2ccc(-c3ncccc3C(F)(F)F)cc2n1. The Morgan fingerprint density at radius 2 is 1.63 bits per heavy atom. The predicted molar refractivity (Wildman–Crippen MR) is 121 cm³/mol. The highest BCUT2D eigenvalue weighted by molar-refractivity contribution is 5.93. The minimum absolute atomic E-state index is 0.130. The summed E-state index contributed by atoms with van der Waals surface area (Å²) in [4.78, 5) is 12.9. The minimum Gasteiger partial charge on any atom is -0.340 e. The van der Waals surface area contributed by atoms with Gasteiger partial charge in [-0.1, -0.05) is 25.1 Å². The van der Waals surface area contributed by atoms with Gasteiger partial charge in [-0.2, -0.15) is 26.3 Å². The smallest absolute Gasteiger partial charge is 0.340 e. The molecule has 0 aliphatic rings. The van der Waals surface area contributed by atoms with Crippen molar-refractivity contribution in [3.05, 3.63) is 77.7 Å². The van der Waals surface area contributed by atoms with Crippen LogP contribution in [0.5, 0.6) is 0 Å². The van der Waals surface area contributed by atoms with Crippen LogP contribution in [0.3, 0.4) is 0 Å². The molecule has 10 heteroatoms. The zero-order chi connectivity index (χ0) is 25.4. The van der Waals surface area contributed by atoms with E-state index in [0.717, 1.165) is 13.0 Å². The van der Waals surface area contributed by atoms with Crippen molar-refractivity contribution in [2.45, 2.75) is 38.5 Å². The van der Waals surface area contributed by atoms with Gasteiger partial charge in [-0.15, -0.1) is 0 Å². The van der Waals surface area contributed by atoms with Crippen molar-refractivity contribution in [1.82, 2.24) is 15.0 Å². The van der Waals surface area contributed by atoms with Gasteiger partial charge >= 0.3 is 12.4 Å². The number of pyridine rings is 1. The fraction of sp³-hybridized carbons (Fsp3) is 0.240. The summed E-state index contributed by atoms with van der Waals surface area (Å²) in [7, 11) is 0. The normalized spacial score (nSPS) is 13.1. The second-order valence-corrected chi connectivity index (χ2v) is 7.98. The molecule has 2 aromatic heterocycles. The molecule has 35 heavy (non-hydrogen) atoms.